The Kier molecular flexibility index (Phi) is 10.6. The SMILES string of the molecule is COC(=O)c1sc(C#CC(C)(C)C)cc1N(C(=O)[C@H]1CC[C@H](C)CC1)[C@H]1CC[C@@H](OC(CO)CO)CC1. The number of carbonyl (C=O) groups is 2. The van der Waals surface area contributed by atoms with E-state index in [-0.39, 0.29) is 42.6 Å². The fourth-order valence-electron chi connectivity index (χ4n) is 5.16. The molecule has 0 spiro atoms. The second kappa shape index (κ2) is 13.2. The van der Waals surface area contributed by atoms with Gasteiger partial charge >= 0.3 is 5.97 Å². The predicted molar refractivity (Wildman–Crippen MR) is 146 cm³/mol. The van der Waals surface area contributed by atoms with Gasteiger partial charge in [-0.1, -0.05) is 18.8 Å². The smallest absolute Gasteiger partial charge is 0.350 e. The van der Waals surface area contributed by atoms with Crippen LogP contribution in [0.1, 0.15) is 93.6 Å². The zero-order chi connectivity index (χ0) is 27.2. The van der Waals surface area contributed by atoms with Gasteiger partial charge in [-0.2, -0.15) is 0 Å². The fraction of sp³-hybridized carbons (Fsp3) is 0.724. The van der Waals surface area contributed by atoms with Crippen molar-refractivity contribution in [1.82, 2.24) is 0 Å². The fourth-order valence-corrected chi connectivity index (χ4v) is 6.09. The largest absolute Gasteiger partial charge is 0.465 e. The Balaban J connectivity index is 1.94. The summed E-state index contributed by atoms with van der Waals surface area (Å²) < 4.78 is 11.0. The number of ether oxygens (including phenoxy) is 2. The van der Waals surface area contributed by atoms with Gasteiger partial charge in [-0.3, -0.25) is 4.79 Å². The summed E-state index contributed by atoms with van der Waals surface area (Å²) in [6.45, 7) is 7.89. The lowest BCUT2D eigenvalue weighted by Gasteiger charge is -2.40. The van der Waals surface area contributed by atoms with Gasteiger partial charge in [0.15, 0.2) is 0 Å². The summed E-state index contributed by atoms with van der Waals surface area (Å²) in [6.07, 6.45) is 5.96. The van der Waals surface area contributed by atoms with Crippen molar-refractivity contribution in [3.8, 4) is 11.8 Å². The molecule has 2 aliphatic carbocycles. The molecular weight excluding hydrogens is 490 g/mol. The summed E-state index contributed by atoms with van der Waals surface area (Å²) in [5.41, 5.74) is 0.412. The van der Waals surface area contributed by atoms with Crippen LogP contribution in [0.3, 0.4) is 0 Å². The van der Waals surface area contributed by atoms with Crippen molar-refractivity contribution in [2.75, 3.05) is 25.2 Å². The molecule has 0 aromatic carbocycles. The van der Waals surface area contributed by atoms with Crippen LogP contribution in [0.2, 0.25) is 0 Å². The first-order valence-electron chi connectivity index (χ1n) is 13.5. The lowest BCUT2D eigenvalue weighted by atomic mass is 9.81. The molecule has 1 amide bonds. The Labute approximate surface area is 225 Å². The number of nitrogens with zero attached hydrogens (tertiary/aromatic N) is 1. The minimum absolute atomic E-state index is 0.0622. The predicted octanol–water partition coefficient (Wildman–Crippen LogP) is 4.77. The normalized spacial score (nSPS) is 24.3. The Hall–Kier alpha value is -1.92. The van der Waals surface area contributed by atoms with Crippen molar-refractivity contribution >= 4 is 28.9 Å². The molecule has 3 rings (SSSR count). The first kappa shape index (κ1) is 29.6. The Morgan fingerprint density at radius 1 is 1.08 bits per heavy atom. The van der Waals surface area contributed by atoms with Gasteiger partial charge in [0.2, 0.25) is 5.91 Å². The van der Waals surface area contributed by atoms with E-state index in [0.717, 1.165) is 30.6 Å². The average molecular weight is 534 g/mol. The molecule has 2 saturated carbocycles. The van der Waals surface area contributed by atoms with E-state index in [2.05, 4.69) is 18.8 Å². The first-order chi connectivity index (χ1) is 17.6. The topological polar surface area (TPSA) is 96.3 Å². The number of rotatable bonds is 8. The van der Waals surface area contributed by atoms with Gasteiger partial charge in [-0.15, -0.1) is 11.3 Å². The molecule has 206 valence electrons. The molecule has 0 bridgehead atoms. The van der Waals surface area contributed by atoms with E-state index >= 15 is 0 Å². The number of methoxy groups -OCH3 is 1. The lowest BCUT2D eigenvalue weighted by Crippen LogP contribution is -2.47. The van der Waals surface area contributed by atoms with Crippen LogP contribution in [0.5, 0.6) is 0 Å². The summed E-state index contributed by atoms with van der Waals surface area (Å²) in [5.74, 6) is 6.63. The number of anilines is 1. The maximum absolute atomic E-state index is 14.1. The number of thiophene rings is 1. The number of carbonyl (C=O) groups excluding carboxylic acids is 2. The standard InChI is InChI=1S/C29H43NO6S/c1-19-6-8-20(9-7-19)27(33)30(21-10-12-22(13-11-21)36-23(17-31)18-32)25-16-24(14-15-29(2,3)4)37-26(25)28(34)35-5/h16,19-23,31-32H,6-13,17-18H2,1-5H3/t19-,20-,21-,22+. The van der Waals surface area contributed by atoms with Gasteiger partial charge in [-0.05, 0) is 84.1 Å². The molecular formula is C29H43NO6S. The quantitative estimate of drug-likeness (QED) is 0.369. The van der Waals surface area contributed by atoms with Crippen molar-refractivity contribution < 1.29 is 29.3 Å². The molecule has 2 fully saturated rings. The number of amides is 1. The van der Waals surface area contributed by atoms with Gasteiger partial charge in [0, 0.05) is 17.4 Å². The number of aliphatic hydroxyl groups is 2. The molecule has 1 aromatic rings. The highest BCUT2D eigenvalue weighted by molar-refractivity contribution is 7.15. The molecule has 0 radical (unpaired) electrons. The van der Waals surface area contributed by atoms with E-state index in [0.29, 0.717) is 42.2 Å². The average Bonchev–Trinajstić information content (AvgIpc) is 3.30. The van der Waals surface area contributed by atoms with E-state index in [1.807, 2.05) is 31.7 Å². The number of hydrogen-bond acceptors (Lipinski definition) is 7. The van der Waals surface area contributed by atoms with Crippen LogP contribution in [-0.4, -0.2) is 60.7 Å². The van der Waals surface area contributed by atoms with Gasteiger partial charge in [-0.25, -0.2) is 4.79 Å². The molecule has 37 heavy (non-hydrogen) atoms. The molecule has 8 heteroatoms. The Morgan fingerprint density at radius 3 is 2.24 bits per heavy atom. The van der Waals surface area contributed by atoms with Crippen LogP contribution in [0.4, 0.5) is 5.69 Å². The Morgan fingerprint density at radius 2 is 1.70 bits per heavy atom. The van der Waals surface area contributed by atoms with Gasteiger partial charge < -0.3 is 24.6 Å². The van der Waals surface area contributed by atoms with Crippen LogP contribution in [0.15, 0.2) is 6.07 Å². The van der Waals surface area contributed by atoms with Crippen LogP contribution in [0, 0.1) is 29.1 Å². The molecule has 2 N–H and O–H groups in total. The zero-order valence-corrected chi connectivity index (χ0v) is 23.7. The van der Waals surface area contributed by atoms with Crippen molar-refractivity contribution in [3.63, 3.8) is 0 Å². The summed E-state index contributed by atoms with van der Waals surface area (Å²) in [6, 6.07) is 1.81. The number of aliphatic hydroxyl groups excluding tert-OH is 2. The van der Waals surface area contributed by atoms with Crippen molar-refractivity contribution in [1.29, 1.82) is 0 Å². The molecule has 1 aromatic heterocycles. The first-order valence-corrected chi connectivity index (χ1v) is 14.3. The third kappa shape index (κ3) is 8.03. The summed E-state index contributed by atoms with van der Waals surface area (Å²) in [7, 11) is 1.36. The van der Waals surface area contributed by atoms with Gasteiger partial charge in [0.1, 0.15) is 11.0 Å². The minimum Gasteiger partial charge on any atom is -0.465 e. The van der Waals surface area contributed by atoms with Crippen LogP contribution >= 0.6 is 11.3 Å². The maximum atomic E-state index is 14.1. The van der Waals surface area contributed by atoms with Crippen LogP contribution < -0.4 is 4.90 Å². The third-order valence-corrected chi connectivity index (χ3v) is 8.33. The second-order valence-corrected chi connectivity index (χ2v) is 12.6. The monoisotopic (exact) mass is 533 g/mol. The highest BCUT2D eigenvalue weighted by Crippen LogP contribution is 2.39. The molecule has 1 heterocycles. The van der Waals surface area contributed by atoms with Gasteiger partial charge in [0.05, 0.1) is 37.0 Å². The summed E-state index contributed by atoms with van der Waals surface area (Å²) in [4.78, 5) is 30.0. The van der Waals surface area contributed by atoms with Crippen molar-refractivity contribution in [3.05, 3.63) is 15.8 Å². The van der Waals surface area contributed by atoms with Gasteiger partial charge in [0.25, 0.3) is 0 Å². The highest BCUT2D eigenvalue weighted by Gasteiger charge is 2.38. The van der Waals surface area contributed by atoms with Crippen molar-refractivity contribution in [2.45, 2.75) is 97.3 Å². The zero-order valence-electron chi connectivity index (χ0n) is 22.9. The van der Waals surface area contributed by atoms with Crippen LogP contribution in [0.25, 0.3) is 0 Å². The maximum Gasteiger partial charge on any atom is 0.350 e. The second-order valence-electron chi connectivity index (χ2n) is 11.5. The summed E-state index contributed by atoms with van der Waals surface area (Å²) in [5, 5.41) is 18.8. The van der Waals surface area contributed by atoms with E-state index < -0.39 is 12.1 Å². The number of esters is 1. The highest BCUT2D eigenvalue weighted by atomic mass is 32.1. The van der Waals surface area contributed by atoms with Crippen molar-refractivity contribution in [2.24, 2.45) is 17.3 Å². The minimum atomic E-state index is -0.588. The molecule has 0 saturated heterocycles. The van der Waals surface area contributed by atoms with E-state index in [9.17, 15) is 19.8 Å². The number of hydrogen-bond donors (Lipinski definition) is 2. The van der Waals surface area contributed by atoms with E-state index in [1.165, 1.54) is 18.4 Å². The lowest BCUT2D eigenvalue weighted by molar-refractivity contribution is -0.124. The van der Waals surface area contributed by atoms with Crippen LogP contribution in [-0.2, 0) is 14.3 Å². The third-order valence-electron chi connectivity index (χ3n) is 7.31. The molecule has 2 aliphatic rings. The summed E-state index contributed by atoms with van der Waals surface area (Å²) >= 11 is 1.28. The molecule has 0 atom stereocenters. The van der Waals surface area contributed by atoms with E-state index in [4.69, 9.17) is 9.47 Å². The molecule has 0 aliphatic heterocycles. The molecule has 0 unspecified atom stereocenters. The molecule has 7 nitrogen and oxygen atoms in total. The Bertz CT molecular complexity index is 967. The van der Waals surface area contributed by atoms with E-state index in [1.54, 1.807) is 0 Å².